The van der Waals surface area contributed by atoms with Crippen LogP contribution >= 0.6 is 0 Å². The smallest absolute Gasteiger partial charge is 0.251 e. The van der Waals surface area contributed by atoms with Gasteiger partial charge in [0.15, 0.2) is 0 Å². The summed E-state index contributed by atoms with van der Waals surface area (Å²) in [6.45, 7) is 6.30. The molecule has 0 atom stereocenters. The van der Waals surface area contributed by atoms with E-state index in [9.17, 15) is 4.79 Å². The van der Waals surface area contributed by atoms with Gasteiger partial charge in [0.05, 0.1) is 6.61 Å². The molecule has 0 unspecified atom stereocenters. The van der Waals surface area contributed by atoms with Gasteiger partial charge in [-0.2, -0.15) is 0 Å². The minimum atomic E-state index is -0.247. The molecular formula is C8H14N2O2. The maximum Gasteiger partial charge on any atom is 0.251 e. The Morgan fingerprint density at radius 3 is 2.58 bits per heavy atom. The highest BCUT2D eigenvalue weighted by molar-refractivity contribution is 5.93. The van der Waals surface area contributed by atoms with Crippen LogP contribution in [-0.4, -0.2) is 48.7 Å². The Bertz CT molecular complexity index is 185. The van der Waals surface area contributed by atoms with E-state index in [1.54, 1.807) is 4.90 Å². The second-order valence-corrected chi connectivity index (χ2v) is 2.80. The molecule has 1 saturated heterocycles. The van der Waals surface area contributed by atoms with Crippen molar-refractivity contribution in [3.05, 3.63) is 12.2 Å². The topological polar surface area (TPSA) is 52.6 Å². The second kappa shape index (κ2) is 4.23. The molecule has 1 heterocycles. The van der Waals surface area contributed by atoms with Crippen molar-refractivity contribution in [2.24, 2.45) is 0 Å². The van der Waals surface area contributed by atoms with Crippen LogP contribution in [0, 0.1) is 0 Å². The maximum atomic E-state index is 11.4. The van der Waals surface area contributed by atoms with Crippen molar-refractivity contribution in [1.82, 2.24) is 10.2 Å². The Morgan fingerprint density at radius 1 is 1.50 bits per heavy atom. The molecule has 1 aliphatic rings. The summed E-state index contributed by atoms with van der Waals surface area (Å²) in [5.74, 6) is -0.126. The van der Waals surface area contributed by atoms with Crippen molar-refractivity contribution in [2.75, 3.05) is 32.8 Å². The highest BCUT2D eigenvalue weighted by Gasteiger charge is 2.17. The molecule has 0 radical (unpaired) electrons. The zero-order valence-corrected chi connectivity index (χ0v) is 7.05. The van der Waals surface area contributed by atoms with Crippen LogP contribution in [-0.2, 0) is 4.79 Å². The van der Waals surface area contributed by atoms with Gasteiger partial charge in [-0.25, -0.2) is 0 Å². The highest BCUT2D eigenvalue weighted by atomic mass is 16.3. The van der Waals surface area contributed by atoms with E-state index < -0.39 is 0 Å². The van der Waals surface area contributed by atoms with Crippen LogP contribution in [0.2, 0.25) is 0 Å². The van der Waals surface area contributed by atoms with Crippen molar-refractivity contribution in [2.45, 2.75) is 0 Å². The molecule has 0 bridgehead atoms. The van der Waals surface area contributed by atoms with Crippen molar-refractivity contribution >= 4 is 5.91 Å². The Balaban J connectivity index is 2.45. The summed E-state index contributed by atoms with van der Waals surface area (Å²) in [5.41, 5.74) is 0.275. The molecule has 0 aromatic rings. The number of rotatable bonds is 2. The number of aliphatic hydroxyl groups excluding tert-OH is 1. The number of amides is 1. The maximum absolute atomic E-state index is 11.4. The lowest BCUT2D eigenvalue weighted by atomic mass is 10.2. The van der Waals surface area contributed by atoms with Crippen molar-refractivity contribution < 1.29 is 9.90 Å². The Hall–Kier alpha value is -0.870. The van der Waals surface area contributed by atoms with Crippen LogP contribution in [0.4, 0.5) is 0 Å². The predicted molar refractivity (Wildman–Crippen MR) is 45.7 cm³/mol. The average molecular weight is 170 g/mol. The molecule has 1 rings (SSSR count). The summed E-state index contributed by atoms with van der Waals surface area (Å²) >= 11 is 0. The van der Waals surface area contributed by atoms with E-state index in [-0.39, 0.29) is 18.1 Å². The molecule has 1 aliphatic heterocycles. The lowest BCUT2D eigenvalue weighted by Gasteiger charge is -2.27. The van der Waals surface area contributed by atoms with Crippen LogP contribution < -0.4 is 5.32 Å². The van der Waals surface area contributed by atoms with E-state index in [1.165, 1.54) is 0 Å². The van der Waals surface area contributed by atoms with E-state index >= 15 is 0 Å². The lowest BCUT2D eigenvalue weighted by molar-refractivity contribution is -0.128. The van der Waals surface area contributed by atoms with Gasteiger partial charge in [0.25, 0.3) is 5.91 Å². The third kappa shape index (κ3) is 2.06. The SMILES string of the molecule is C=C(CO)C(=O)N1CCNCC1. The molecular weight excluding hydrogens is 156 g/mol. The first kappa shape index (κ1) is 9.22. The summed E-state index contributed by atoms with van der Waals surface area (Å²) < 4.78 is 0. The van der Waals surface area contributed by atoms with E-state index in [0.717, 1.165) is 13.1 Å². The normalized spacial score (nSPS) is 17.6. The van der Waals surface area contributed by atoms with Crippen LogP contribution in [0.5, 0.6) is 0 Å². The predicted octanol–water partition coefficient (Wildman–Crippen LogP) is -1.03. The van der Waals surface area contributed by atoms with Gasteiger partial charge < -0.3 is 15.3 Å². The number of hydrogen-bond donors (Lipinski definition) is 2. The summed E-state index contributed by atoms with van der Waals surface area (Å²) in [5, 5.41) is 11.8. The summed E-state index contributed by atoms with van der Waals surface area (Å²) in [4.78, 5) is 13.1. The van der Waals surface area contributed by atoms with Crippen molar-refractivity contribution in [3.8, 4) is 0 Å². The van der Waals surface area contributed by atoms with Crippen LogP contribution in [0.3, 0.4) is 0 Å². The summed E-state index contributed by atoms with van der Waals surface area (Å²) in [7, 11) is 0. The van der Waals surface area contributed by atoms with E-state index in [0.29, 0.717) is 13.1 Å². The van der Waals surface area contributed by atoms with Crippen LogP contribution in [0.1, 0.15) is 0 Å². The molecule has 68 valence electrons. The molecule has 1 amide bonds. The molecule has 0 aromatic heterocycles. The Kier molecular flexibility index (Phi) is 3.25. The van der Waals surface area contributed by atoms with E-state index in [1.807, 2.05) is 0 Å². The summed E-state index contributed by atoms with van der Waals surface area (Å²) in [6.07, 6.45) is 0. The molecule has 0 saturated carbocycles. The van der Waals surface area contributed by atoms with Gasteiger partial charge in [0.1, 0.15) is 0 Å². The standard InChI is InChI=1S/C8H14N2O2/c1-7(6-11)8(12)10-4-2-9-3-5-10/h9,11H,1-6H2. The quantitative estimate of drug-likeness (QED) is 0.521. The molecule has 12 heavy (non-hydrogen) atoms. The van der Waals surface area contributed by atoms with Crippen LogP contribution in [0.25, 0.3) is 0 Å². The molecule has 1 fully saturated rings. The van der Waals surface area contributed by atoms with Gasteiger partial charge in [0, 0.05) is 31.8 Å². The minimum absolute atomic E-state index is 0.126. The molecule has 0 aliphatic carbocycles. The van der Waals surface area contributed by atoms with Crippen LogP contribution in [0.15, 0.2) is 12.2 Å². The number of aliphatic hydroxyl groups is 1. The molecule has 4 heteroatoms. The van der Waals surface area contributed by atoms with Gasteiger partial charge in [-0.15, -0.1) is 0 Å². The zero-order chi connectivity index (χ0) is 8.97. The first-order valence-electron chi connectivity index (χ1n) is 4.04. The zero-order valence-electron chi connectivity index (χ0n) is 7.05. The number of nitrogens with zero attached hydrogens (tertiary/aromatic N) is 1. The van der Waals surface area contributed by atoms with Crippen molar-refractivity contribution in [3.63, 3.8) is 0 Å². The lowest BCUT2D eigenvalue weighted by Crippen LogP contribution is -2.47. The monoisotopic (exact) mass is 170 g/mol. The van der Waals surface area contributed by atoms with Gasteiger partial charge in [-0.3, -0.25) is 4.79 Å². The van der Waals surface area contributed by atoms with E-state index in [2.05, 4.69) is 11.9 Å². The largest absolute Gasteiger partial charge is 0.391 e. The van der Waals surface area contributed by atoms with Gasteiger partial charge >= 0.3 is 0 Å². The Morgan fingerprint density at radius 2 is 2.08 bits per heavy atom. The van der Waals surface area contributed by atoms with Crippen molar-refractivity contribution in [1.29, 1.82) is 0 Å². The highest BCUT2D eigenvalue weighted by Crippen LogP contribution is 2.00. The number of carbonyl (C=O) groups excluding carboxylic acids is 1. The van der Waals surface area contributed by atoms with Gasteiger partial charge in [-0.05, 0) is 0 Å². The van der Waals surface area contributed by atoms with Gasteiger partial charge in [0.2, 0.25) is 0 Å². The number of nitrogens with one attached hydrogen (secondary N) is 1. The fraction of sp³-hybridized carbons (Fsp3) is 0.625. The third-order valence-corrected chi connectivity index (χ3v) is 1.90. The average Bonchev–Trinajstić information content (AvgIpc) is 2.17. The fourth-order valence-corrected chi connectivity index (χ4v) is 1.16. The second-order valence-electron chi connectivity index (χ2n) is 2.80. The first-order chi connectivity index (χ1) is 5.75. The molecule has 2 N–H and O–H groups in total. The molecule has 4 nitrogen and oxygen atoms in total. The first-order valence-corrected chi connectivity index (χ1v) is 4.04. The molecule has 0 aromatic carbocycles. The number of carbonyl (C=O) groups is 1. The number of piperazine rings is 1. The third-order valence-electron chi connectivity index (χ3n) is 1.90. The minimum Gasteiger partial charge on any atom is -0.391 e. The summed E-state index contributed by atoms with van der Waals surface area (Å²) in [6, 6.07) is 0. The molecule has 0 spiro atoms. The number of hydrogen-bond acceptors (Lipinski definition) is 3. The van der Waals surface area contributed by atoms with E-state index in [4.69, 9.17) is 5.11 Å². The Labute approximate surface area is 71.9 Å². The fourth-order valence-electron chi connectivity index (χ4n) is 1.16. The van der Waals surface area contributed by atoms with Gasteiger partial charge in [-0.1, -0.05) is 6.58 Å².